The molecule has 1 amide bonds. The number of hydrogen-bond acceptors (Lipinski definition) is 9. The predicted molar refractivity (Wildman–Crippen MR) is 115 cm³/mol. The van der Waals surface area contributed by atoms with Gasteiger partial charge in [-0.25, -0.2) is 0 Å². The summed E-state index contributed by atoms with van der Waals surface area (Å²) in [4.78, 5) is 40.8. The number of aliphatic hydroxyl groups excluding tert-OH is 2. The average molecular weight is 458 g/mol. The Morgan fingerprint density at radius 2 is 1.79 bits per heavy atom. The standard InChI is InChI=1S/C23H26N2O8/c1-22(32)9-6-5-7-12(26)13(9)17(27)14-10(22)8-11-16(25(3)4)18(28)15(21(31)24-2)20(30)23(11,33)19(14)29/h5-7,10-11,16,26-27,30,32-33H,8H2,1-4H3,(H,24,31). The molecule has 1 saturated carbocycles. The van der Waals surface area contributed by atoms with Gasteiger partial charge >= 0.3 is 0 Å². The molecule has 3 aliphatic rings. The van der Waals surface area contributed by atoms with Gasteiger partial charge in [0.2, 0.25) is 5.78 Å². The Kier molecular flexibility index (Phi) is 4.97. The summed E-state index contributed by atoms with van der Waals surface area (Å²) in [6.45, 7) is 1.42. The van der Waals surface area contributed by atoms with Gasteiger partial charge in [0.15, 0.2) is 11.4 Å². The topological polar surface area (TPSA) is 168 Å². The van der Waals surface area contributed by atoms with Crippen LogP contribution in [0.1, 0.15) is 24.5 Å². The lowest BCUT2D eigenvalue weighted by atomic mass is 9.54. The zero-order valence-electron chi connectivity index (χ0n) is 18.6. The van der Waals surface area contributed by atoms with Crippen molar-refractivity contribution < 1.29 is 39.9 Å². The van der Waals surface area contributed by atoms with Crippen molar-refractivity contribution in [2.24, 2.45) is 11.8 Å². The van der Waals surface area contributed by atoms with E-state index in [1.165, 1.54) is 51.2 Å². The van der Waals surface area contributed by atoms with E-state index in [4.69, 9.17) is 0 Å². The van der Waals surface area contributed by atoms with Crippen molar-refractivity contribution >= 4 is 23.2 Å². The first-order valence-electron chi connectivity index (χ1n) is 10.4. The molecule has 0 aromatic heterocycles. The maximum absolute atomic E-state index is 13.8. The van der Waals surface area contributed by atoms with Crippen LogP contribution in [-0.4, -0.2) is 80.7 Å². The fourth-order valence-corrected chi connectivity index (χ4v) is 5.61. The average Bonchev–Trinajstić information content (AvgIpc) is 2.74. The summed E-state index contributed by atoms with van der Waals surface area (Å²) in [6, 6.07) is 3.09. The molecule has 0 spiro atoms. The summed E-state index contributed by atoms with van der Waals surface area (Å²) in [7, 11) is 4.31. The molecule has 5 unspecified atom stereocenters. The van der Waals surface area contributed by atoms with Crippen molar-refractivity contribution in [2.45, 2.75) is 30.6 Å². The Balaban J connectivity index is 2.04. The first-order chi connectivity index (χ1) is 15.3. The largest absolute Gasteiger partial charge is 0.508 e. The van der Waals surface area contributed by atoms with Gasteiger partial charge in [0, 0.05) is 24.5 Å². The van der Waals surface area contributed by atoms with Gasteiger partial charge in [-0.15, -0.1) is 0 Å². The molecule has 33 heavy (non-hydrogen) atoms. The van der Waals surface area contributed by atoms with E-state index >= 15 is 0 Å². The summed E-state index contributed by atoms with van der Waals surface area (Å²) < 4.78 is 0. The van der Waals surface area contributed by atoms with Crippen LogP contribution >= 0.6 is 0 Å². The number of fused-ring (bicyclic) bond motifs is 3. The number of amides is 1. The Morgan fingerprint density at radius 3 is 2.36 bits per heavy atom. The van der Waals surface area contributed by atoms with Crippen molar-refractivity contribution in [3.05, 3.63) is 46.2 Å². The molecule has 1 fully saturated rings. The first-order valence-corrected chi connectivity index (χ1v) is 10.4. The lowest BCUT2D eigenvalue weighted by Crippen LogP contribution is -2.67. The van der Waals surface area contributed by atoms with E-state index in [1.54, 1.807) is 0 Å². The smallest absolute Gasteiger partial charge is 0.258 e. The highest BCUT2D eigenvalue weighted by Crippen LogP contribution is 2.57. The SMILES string of the molecule is CNC(=O)C1=C(O)C2(O)C(=O)C3=C(O)c4c(O)cccc4C(C)(O)C3CC2C(N(C)C)C1=O. The Labute approximate surface area is 189 Å². The minimum atomic E-state index is -2.71. The number of nitrogens with zero attached hydrogens (tertiary/aromatic N) is 1. The number of phenols is 1. The fraction of sp³-hybridized carbons (Fsp3) is 0.435. The molecule has 0 heterocycles. The van der Waals surface area contributed by atoms with Gasteiger partial charge in [0.05, 0.1) is 17.2 Å². The van der Waals surface area contributed by atoms with Gasteiger partial charge in [-0.3, -0.25) is 19.3 Å². The maximum atomic E-state index is 13.8. The number of rotatable bonds is 2. The maximum Gasteiger partial charge on any atom is 0.258 e. The van der Waals surface area contributed by atoms with E-state index in [0.717, 1.165) is 0 Å². The van der Waals surface area contributed by atoms with Crippen LogP contribution in [0.5, 0.6) is 5.75 Å². The number of likely N-dealkylation sites (N-methyl/N-ethyl adjacent to an activating group) is 2. The van der Waals surface area contributed by atoms with Gasteiger partial charge in [-0.2, -0.15) is 0 Å². The first kappa shape index (κ1) is 23.0. The highest BCUT2D eigenvalue weighted by atomic mass is 16.3. The second kappa shape index (κ2) is 7.14. The van der Waals surface area contributed by atoms with E-state index in [-0.39, 0.29) is 28.9 Å². The molecule has 0 saturated heterocycles. The Hall–Kier alpha value is -3.21. The molecule has 0 bridgehead atoms. The van der Waals surface area contributed by atoms with Gasteiger partial charge in [0.1, 0.15) is 22.8 Å². The van der Waals surface area contributed by atoms with E-state index in [2.05, 4.69) is 5.32 Å². The van der Waals surface area contributed by atoms with Gasteiger partial charge in [-0.1, -0.05) is 12.1 Å². The number of hydrogen-bond donors (Lipinski definition) is 6. The molecule has 0 aliphatic heterocycles. The normalized spacial score (nSPS) is 33.6. The van der Waals surface area contributed by atoms with Crippen LogP contribution in [0.3, 0.4) is 0 Å². The summed E-state index contributed by atoms with van der Waals surface area (Å²) in [5.41, 5.74) is -5.57. The third-order valence-corrected chi connectivity index (χ3v) is 7.23. The van der Waals surface area contributed by atoms with Crippen LogP contribution < -0.4 is 5.32 Å². The monoisotopic (exact) mass is 458 g/mol. The number of aliphatic hydroxyl groups is 4. The third kappa shape index (κ3) is 2.74. The quantitative estimate of drug-likeness (QED) is 0.331. The molecule has 3 aliphatic carbocycles. The Morgan fingerprint density at radius 1 is 1.15 bits per heavy atom. The number of benzene rings is 1. The zero-order valence-corrected chi connectivity index (χ0v) is 18.6. The number of carbonyl (C=O) groups excluding carboxylic acids is 3. The molecule has 4 rings (SSSR count). The molecular weight excluding hydrogens is 432 g/mol. The molecule has 0 radical (unpaired) electrons. The van der Waals surface area contributed by atoms with E-state index in [1.807, 2.05) is 0 Å². The number of nitrogens with one attached hydrogen (secondary N) is 1. The molecule has 5 atom stereocenters. The molecule has 10 heteroatoms. The molecule has 176 valence electrons. The van der Waals surface area contributed by atoms with Crippen LogP contribution in [0.2, 0.25) is 0 Å². The summed E-state index contributed by atoms with van der Waals surface area (Å²) >= 11 is 0. The summed E-state index contributed by atoms with van der Waals surface area (Å²) in [6.07, 6.45) is -0.177. The van der Waals surface area contributed by atoms with Gasteiger partial charge in [0.25, 0.3) is 5.91 Å². The lowest BCUT2D eigenvalue weighted by Gasteiger charge is -2.53. The van der Waals surface area contributed by atoms with E-state index in [0.29, 0.717) is 0 Å². The van der Waals surface area contributed by atoms with Gasteiger partial charge in [-0.05, 0) is 39.1 Å². The minimum Gasteiger partial charge on any atom is -0.508 e. The number of ketones is 2. The number of carbonyl (C=O) groups is 3. The van der Waals surface area contributed by atoms with Crippen molar-refractivity contribution in [1.82, 2.24) is 10.2 Å². The second-order valence-electron chi connectivity index (χ2n) is 9.18. The van der Waals surface area contributed by atoms with Crippen molar-refractivity contribution in [3.8, 4) is 5.75 Å². The lowest BCUT2D eigenvalue weighted by molar-refractivity contribution is -0.159. The van der Waals surface area contributed by atoms with Crippen molar-refractivity contribution in [1.29, 1.82) is 0 Å². The van der Waals surface area contributed by atoms with E-state index in [9.17, 15) is 39.9 Å². The van der Waals surface area contributed by atoms with Gasteiger partial charge < -0.3 is 30.8 Å². The molecule has 1 aromatic rings. The second-order valence-corrected chi connectivity index (χ2v) is 9.18. The zero-order chi connectivity index (χ0) is 24.6. The van der Waals surface area contributed by atoms with Crippen LogP contribution in [0.4, 0.5) is 0 Å². The molecular formula is C23H26N2O8. The highest BCUT2D eigenvalue weighted by Gasteiger charge is 2.66. The predicted octanol–water partition coefficient (Wildman–Crippen LogP) is -0.110. The minimum absolute atomic E-state index is 0.157. The molecule has 1 aromatic carbocycles. The summed E-state index contributed by atoms with van der Waals surface area (Å²) in [5.74, 6) is -7.29. The van der Waals surface area contributed by atoms with E-state index < -0.39 is 63.6 Å². The molecule has 6 N–H and O–H groups in total. The fourth-order valence-electron chi connectivity index (χ4n) is 5.61. The van der Waals surface area contributed by atoms with Crippen molar-refractivity contribution in [3.63, 3.8) is 0 Å². The number of aromatic hydroxyl groups is 1. The molecule has 10 nitrogen and oxygen atoms in total. The number of Topliss-reactive ketones (excluding diaryl/α,β-unsaturated/α-hetero) is 2. The van der Waals surface area contributed by atoms with Crippen LogP contribution in [0.25, 0.3) is 5.76 Å². The number of phenolic OH excluding ortho intramolecular Hbond substituents is 1. The highest BCUT2D eigenvalue weighted by molar-refractivity contribution is 6.25. The van der Waals surface area contributed by atoms with Crippen LogP contribution in [0, 0.1) is 11.8 Å². The van der Waals surface area contributed by atoms with Crippen LogP contribution in [0.15, 0.2) is 35.1 Å². The van der Waals surface area contributed by atoms with Crippen LogP contribution in [-0.2, 0) is 20.0 Å². The van der Waals surface area contributed by atoms with Crippen molar-refractivity contribution in [2.75, 3.05) is 21.1 Å². The summed E-state index contributed by atoms with van der Waals surface area (Å²) in [5, 5.41) is 57.6. The third-order valence-electron chi connectivity index (χ3n) is 7.23. The Bertz CT molecular complexity index is 1160.